The molecule has 0 rings (SSSR count). The number of nitrogens with zero attached hydrogens (tertiary/aromatic N) is 1. The lowest BCUT2D eigenvalue weighted by Crippen LogP contribution is -2.24. The highest BCUT2D eigenvalue weighted by molar-refractivity contribution is 6.01. The van der Waals surface area contributed by atoms with Crippen molar-refractivity contribution in [2.24, 2.45) is 5.73 Å². The molecular formula is C8H15N2O2. The van der Waals surface area contributed by atoms with Crippen molar-refractivity contribution in [1.29, 1.82) is 0 Å². The van der Waals surface area contributed by atoms with Gasteiger partial charge in [-0.15, -0.1) is 0 Å². The van der Waals surface area contributed by atoms with Crippen molar-refractivity contribution in [2.75, 3.05) is 20.6 Å². The third-order valence-corrected chi connectivity index (χ3v) is 1.36. The number of Topliss-reactive ketones (excluding diaryl/α,β-unsaturated/α-hetero) is 1. The molecular weight excluding hydrogens is 156 g/mol. The molecule has 1 radical (unpaired) electrons. The van der Waals surface area contributed by atoms with Crippen LogP contribution < -0.4 is 5.73 Å². The third-order valence-electron chi connectivity index (χ3n) is 1.36. The Kier molecular flexibility index (Phi) is 5.28. The first-order valence-corrected chi connectivity index (χ1v) is 3.84. The maximum atomic E-state index is 11.0. The van der Waals surface area contributed by atoms with Crippen molar-refractivity contribution in [3.8, 4) is 0 Å². The monoisotopic (exact) mass is 171 g/mol. The van der Waals surface area contributed by atoms with Gasteiger partial charge in [0.25, 0.3) is 0 Å². The molecule has 0 saturated heterocycles. The zero-order valence-electron chi connectivity index (χ0n) is 7.54. The van der Waals surface area contributed by atoms with Crippen LogP contribution in [0.5, 0.6) is 0 Å². The van der Waals surface area contributed by atoms with Crippen LogP contribution in [0.1, 0.15) is 12.8 Å². The fourth-order valence-electron chi connectivity index (χ4n) is 0.624. The Morgan fingerprint density at radius 3 is 2.42 bits per heavy atom. The molecule has 0 fully saturated rings. The Hall–Kier alpha value is -0.900. The minimum atomic E-state index is -0.173. The Morgan fingerprint density at radius 1 is 1.42 bits per heavy atom. The van der Waals surface area contributed by atoms with Crippen molar-refractivity contribution in [2.45, 2.75) is 12.8 Å². The molecule has 0 aliphatic carbocycles. The number of carbonyl (C=O) groups excluding carboxylic acids is 2. The van der Waals surface area contributed by atoms with Crippen LogP contribution in [-0.2, 0) is 9.59 Å². The predicted molar refractivity (Wildman–Crippen MR) is 46.3 cm³/mol. The normalized spacial score (nSPS) is 9.58. The molecule has 2 N–H and O–H groups in total. The fourth-order valence-corrected chi connectivity index (χ4v) is 0.624. The average Bonchev–Trinajstić information content (AvgIpc) is 2.00. The number of hydrogen-bond donors (Lipinski definition) is 1. The highest BCUT2D eigenvalue weighted by Gasteiger charge is 2.10. The number of carbonyl (C=O) groups is 2. The molecule has 0 aliphatic heterocycles. The van der Waals surface area contributed by atoms with Gasteiger partial charge in [0.1, 0.15) is 5.78 Å². The highest BCUT2D eigenvalue weighted by Crippen LogP contribution is 1.94. The van der Waals surface area contributed by atoms with E-state index in [0.717, 1.165) is 0 Å². The summed E-state index contributed by atoms with van der Waals surface area (Å²) >= 11 is 0. The number of rotatable bonds is 5. The summed E-state index contributed by atoms with van der Waals surface area (Å²) < 4.78 is 0. The third kappa shape index (κ3) is 4.85. The van der Waals surface area contributed by atoms with Gasteiger partial charge in [0.15, 0.2) is 0 Å². The Balaban J connectivity index is 3.62. The molecule has 0 unspecified atom stereocenters. The predicted octanol–water partition coefficient (Wildman–Crippen LogP) is -0.413. The van der Waals surface area contributed by atoms with Gasteiger partial charge < -0.3 is 10.6 Å². The van der Waals surface area contributed by atoms with Crippen LogP contribution in [0.3, 0.4) is 0 Å². The molecule has 0 atom stereocenters. The van der Waals surface area contributed by atoms with Gasteiger partial charge in [0, 0.05) is 20.5 Å². The Bertz CT molecular complexity index is 166. The molecule has 0 heterocycles. The summed E-state index contributed by atoms with van der Waals surface area (Å²) in [6.07, 6.45) is 1.95. The highest BCUT2D eigenvalue weighted by atomic mass is 16.2. The molecule has 0 aromatic heterocycles. The molecule has 0 aromatic rings. The molecule has 0 aliphatic rings. The van der Waals surface area contributed by atoms with Gasteiger partial charge in [-0.2, -0.15) is 0 Å². The molecule has 0 spiro atoms. The summed E-state index contributed by atoms with van der Waals surface area (Å²) in [5, 5.41) is 0. The first-order chi connectivity index (χ1) is 5.57. The second-order valence-electron chi connectivity index (χ2n) is 2.71. The zero-order chi connectivity index (χ0) is 9.56. The van der Waals surface area contributed by atoms with Crippen molar-refractivity contribution in [1.82, 2.24) is 4.90 Å². The fraction of sp³-hybridized carbons (Fsp3) is 0.625. The minimum absolute atomic E-state index is 0.0486. The maximum absolute atomic E-state index is 11.0. The summed E-state index contributed by atoms with van der Waals surface area (Å²) in [6, 6.07) is 0. The number of hydrogen-bond acceptors (Lipinski definition) is 3. The van der Waals surface area contributed by atoms with Crippen LogP contribution in [-0.4, -0.2) is 37.2 Å². The average molecular weight is 171 g/mol. The van der Waals surface area contributed by atoms with Crippen molar-refractivity contribution < 1.29 is 9.59 Å². The van der Waals surface area contributed by atoms with Crippen molar-refractivity contribution >= 4 is 11.7 Å². The van der Waals surface area contributed by atoms with Crippen molar-refractivity contribution in [3.05, 3.63) is 6.42 Å². The van der Waals surface area contributed by atoms with E-state index < -0.39 is 0 Å². The second-order valence-corrected chi connectivity index (χ2v) is 2.71. The van der Waals surface area contributed by atoms with E-state index in [-0.39, 0.29) is 18.1 Å². The van der Waals surface area contributed by atoms with E-state index in [1.54, 1.807) is 14.1 Å². The topological polar surface area (TPSA) is 63.4 Å². The maximum Gasteiger partial charge on any atom is 0.229 e. The lowest BCUT2D eigenvalue weighted by atomic mass is 10.1. The van der Waals surface area contributed by atoms with E-state index in [1.165, 1.54) is 11.3 Å². The van der Waals surface area contributed by atoms with Crippen LogP contribution in [0.4, 0.5) is 0 Å². The lowest BCUT2D eigenvalue weighted by Gasteiger charge is -2.08. The summed E-state index contributed by atoms with van der Waals surface area (Å²) in [5.41, 5.74) is 5.19. The van der Waals surface area contributed by atoms with Crippen molar-refractivity contribution in [3.63, 3.8) is 0 Å². The van der Waals surface area contributed by atoms with E-state index in [0.29, 0.717) is 13.0 Å². The molecule has 69 valence electrons. The van der Waals surface area contributed by atoms with Gasteiger partial charge in [-0.3, -0.25) is 9.59 Å². The first-order valence-electron chi connectivity index (χ1n) is 3.84. The Labute approximate surface area is 72.7 Å². The molecule has 0 aromatic carbocycles. The van der Waals surface area contributed by atoms with E-state index >= 15 is 0 Å². The number of nitrogens with two attached hydrogens (primary N) is 1. The zero-order valence-corrected chi connectivity index (χ0v) is 7.54. The molecule has 0 bridgehead atoms. The smallest absolute Gasteiger partial charge is 0.229 e. The SMILES string of the molecule is CN(C)C(=O)CC(=O)[CH]CCN. The quantitative estimate of drug-likeness (QED) is 0.572. The van der Waals surface area contributed by atoms with E-state index in [1.807, 2.05) is 0 Å². The van der Waals surface area contributed by atoms with Crippen LogP contribution in [0.25, 0.3) is 0 Å². The standard InChI is InChI=1S/C8H15N2O2/c1-10(2)8(12)6-7(11)4-3-5-9/h4H,3,5-6,9H2,1-2H3. The van der Waals surface area contributed by atoms with Gasteiger partial charge in [-0.1, -0.05) is 0 Å². The van der Waals surface area contributed by atoms with Crippen LogP contribution in [0.15, 0.2) is 0 Å². The molecule has 4 nitrogen and oxygen atoms in total. The molecule has 4 heteroatoms. The van der Waals surface area contributed by atoms with Gasteiger partial charge >= 0.3 is 0 Å². The van der Waals surface area contributed by atoms with E-state index in [9.17, 15) is 9.59 Å². The molecule has 0 saturated carbocycles. The summed E-state index contributed by atoms with van der Waals surface area (Å²) in [7, 11) is 3.25. The summed E-state index contributed by atoms with van der Waals surface area (Å²) in [5.74, 6) is -0.326. The van der Waals surface area contributed by atoms with Gasteiger partial charge in [-0.25, -0.2) is 0 Å². The van der Waals surface area contributed by atoms with Gasteiger partial charge in [0.05, 0.1) is 6.42 Å². The van der Waals surface area contributed by atoms with E-state index in [4.69, 9.17) is 5.73 Å². The summed E-state index contributed by atoms with van der Waals surface area (Å²) in [6.45, 7) is 0.446. The largest absolute Gasteiger partial charge is 0.348 e. The van der Waals surface area contributed by atoms with E-state index in [2.05, 4.69) is 0 Å². The Morgan fingerprint density at radius 2 is 2.00 bits per heavy atom. The molecule has 12 heavy (non-hydrogen) atoms. The van der Waals surface area contributed by atoms with Gasteiger partial charge in [0.2, 0.25) is 5.91 Å². The van der Waals surface area contributed by atoms with Crippen LogP contribution in [0, 0.1) is 6.42 Å². The van der Waals surface area contributed by atoms with Gasteiger partial charge in [-0.05, 0) is 13.0 Å². The van der Waals surface area contributed by atoms with Crippen LogP contribution >= 0.6 is 0 Å². The minimum Gasteiger partial charge on any atom is -0.348 e. The number of amides is 1. The first kappa shape index (κ1) is 11.1. The summed E-state index contributed by atoms with van der Waals surface area (Å²) in [4.78, 5) is 23.3. The second kappa shape index (κ2) is 5.71. The van der Waals surface area contributed by atoms with Crippen LogP contribution in [0.2, 0.25) is 0 Å². The lowest BCUT2D eigenvalue weighted by molar-refractivity contribution is -0.132. The molecule has 1 amide bonds. The number of ketones is 1.